The number of aliphatic imine (C=N–C) groups is 1. The molecule has 45 heavy (non-hydrogen) atoms. The second-order valence-corrected chi connectivity index (χ2v) is 10.8. The Balaban J connectivity index is 1.43. The molecule has 3 aromatic carbocycles. The first-order valence-electron chi connectivity index (χ1n) is 14.5. The van der Waals surface area contributed by atoms with Gasteiger partial charge in [0.05, 0.1) is 32.9 Å². The Labute approximate surface area is 259 Å². The van der Waals surface area contributed by atoms with Gasteiger partial charge in [0.15, 0.2) is 17.4 Å². The molecule has 0 bridgehead atoms. The van der Waals surface area contributed by atoms with Crippen molar-refractivity contribution in [2.75, 3.05) is 13.7 Å². The van der Waals surface area contributed by atoms with Gasteiger partial charge in [0.2, 0.25) is 5.95 Å². The Morgan fingerprint density at radius 1 is 0.933 bits per heavy atom. The second kappa shape index (κ2) is 13.4. The molecule has 1 aliphatic heterocycles. The van der Waals surface area contributed by atoms with E-state index in [2.05, 4.69) is 4.98 Å². The molecule has 232 valence electrons. The molecule has 0 spiro atoms. The van der Waals surface area contributed by atoms with Crippen LogP contribution in [0.2, 0.25) is 0 Å². The Hall–Kier alpha value is -4.88. The largest absolute Gasteiger partial charge is 0.497 e. The smallest absolute Gasteiger partial charge is 0.283 e. The molecule has 4 atom stereocenters. The molecule has 0 unspecified atom stereocenters. The third kappa shape index (κ3) is 6.49. The minimum Gasteiger partial charge on any atom is -0.497 e. The molecular weight excluding hydrogens is 576 g/mol. The summed E-state index contributed by atoms with van der Waals surface area (Å²) < 4.78 is 13.8. The zero-order valence-corrected chi connectivity index (χ0v) is 24.6. The van der Waals surface area contributed by atoms with Crippen molar-refractivity contribution in [1.82, 2.24) is 24.0 Å². The third-order valence-electron chi connectivity index (χ3n) is 7.75. The van der Waals surface area contributed by atoms with Gasteiger partial charge in [0.25, 0.3) is 5.56 Å². The van der Waals surface area contributed by atoms with Crippen LogP contribution in [0.3, 0.4) is 0 Å². The fourth-order valence-corrected chi connectivity index (χ4v) is 5.35. The third-order valence-corrected chi connectivity index (χ3v) is 7.75. The lowest BCUT2D eigenvalue weighted by atomic mass is 10.1. The molecule has 1 fully saturated rings. The standard InChI is InChI=1S/C33H34N6O6/c1-44-25-14-12-24(13-15-25)18-38-31(43)27-30(39(21-34-27)32-29(42)28(41)26(19-40)45-32)36-33(38)35-20-37(16-22-8-4-2-5-9-22)17-23-10-6-3-7-11-23/h2-15,20-21,26,28-29,32,40-42H,16-19H2,1H3/b35-20+/t26-,28-,29-,32-/m1/s1. The van der Waals surface area contributed by atoms with E-state index in [4.69, 9.17) is 19.5 Å². The number of fused-ring (bicyclic) bond motifs is 1. The van der Waals surface area contributed by atoms with Crippen LogP contribution in [0.25, 0.3) is 11.2 Å². The lowest BCUT2D eigenvalue weighted by molar-refractivity contribution is -0.0511. The predicted molar refractivity (Wildman–Crippen MR) is 167 cm³/mol. The van der Waals surface area contributed by atoms with E-state index in [0.717, 1.165) is 16.7 Å². The van der Waals surface area contributed by atoms with Crippen LogP contribution in [-0.4, -0.2) is 77.7 Å². The highest BCUT2D eigenvalue weighted by Gasteiger charge is 2.44. The van der Waals surface area contributed by atoms with Gasteiger partial charge in [-0.2, -0.15) is 4.98 Å². The molecule has 0 saturated carbocycles. The highest BCUT2D eigenvalue weighted by Crippen LogP contribution is 2.31. The number of aromatic nitrogens is 4. The number of aliphatic hydroxyl groups excluding tert-OH is 3. The lowest BCUT2D eigenvalue weighted by Gasteiger charge is -2.20. The van der Waals surface area contributed by atoms with Crippen LogP contribution in [0.15, 0.2) is 101 Å². The molecule has 6 rings (SSSR count). The summed E-state index contributed by atoms with van der Waals surface area (Å²) in [4.78, 5) is 29.8. The molecule has 0 amide bonds. The zero-order valence-electron chi connectivity index (χ0n) is 24.6. The molecule has 12 nitrogen and oxygen atoms in total. The topological polar surface area (TPSA) is 147 Å². The minimum absolute atomic E-state index is 0.0469. The van der Waals surface area contributed by atoms with E-state index in [1.165, 1.54) is 15.5 Å². The van der Waals surface area contributed by atoms with Gasteiger partial charge < -0.3 is 29.7 Å². The summed E-state index contributed by atoms with van der Waals surface area (Å²) in [6.45, 7) is 0.795. The van der Waals surface area contributed by atoms with Gasteiger partial charge >= 0.3 is 0 Å². The molecule has 3 heterocycles. The molecule has 5 aromatic rings. The summed E-state index contributed by atoms with van der Waals surface area (Å²) in [7, 11) is 1.59. The highest BCUT2D eigenvalue weighted by atomic mass is 16.6. The number of methoxy groups -OCH3 is 1. The Bertz CT molecular complexity index is 1770. The fraction of sp³-hybridized carbons (Fsp3) is 0.273. The van der Waals surface area contributed by atoms with Crippen LogP contribution in [0.4, 0.5) is 5.95 Å². The van der Waals surface area contributed by atoms with E-state index in [1.54, 1.807) is 13.4 Å². The Morgan fingerprint density at radius 3 is 2.16 bits per heavy atom. The summed E-state index contributed by atoms with van der Waals surface area (Å²) in [6.07, 6.45) is -1.80. The van der Waals surface area contributed by atoms with Gasteiger partial charge in [0.1, 0.15) is 24.1 Å². The van der Waals surface area contributed by atoms with Crippen molar-refractivity contribution in [2.24, 2.45) is 4.99 Å². The first kappa shape index (κ1) is 30.2. The van der Waals surface area contributed by atoms with E-state index in [-0.39, 0.29) is 23.7 Å². The summed E-state index contributed by atoms with van der Waals surface area (Å²) in [6, 6.07) is 27.3. The highest BCUT2D eigenvalue weighted by molar-refractivity contribution is 5.72. The quantitative estimate of drug-likeness (QED) is 0.152. The van der Waals surface area contributed by atoms with Gasteiger partial charge in [-0.25, -0.2) is 9.98 Å². The number of nitrogens with zero attached hydrogens (tertiary/aromatic N) is 6. The normalized spacial score (nSPS) is 19.8. The molecule has 0 radical (unpaired) electrons. The van der Waals surface area contributed by atoms with Gasteiger partial charge in [-0.05, 0) is 28.8 Å². The van der Waals surface area contributed by atoms with Crippen molar-refractivity contribution in [2.45, 2.75) is 44.2 Å². The number of aliphatic hydroxyl groups is 3. The SMILES string of the molecule is COc1ccc(Cn2c(/N=C/N(Cc3ccccc3)Cc3ccccc3)nc3c(ncn3[C@@H]3O[C@H](CO)[C@@H](O)[C@H]3O)c2=O)cc1. The number of ether oxygens (including phenoxy) is 2. The van der Waals surface area contributed by atoms with Crippen molar-refractivity contribution >= 4 is 23.5 Å². The number of imidazole rings is 1. The van der Waals surface area contributed by atoms with Crippen molar-refractivity contribution in [3.8, 4) is 5.75 Å². The summed E-state index contributed by atoms with van der Waals surface area (Å²) in [5.74, 6) is 0.801. The zero-order chi connectivity index (χ0) is 31.3. The average Bonchev–Trinajstić information content (AvgIpc) is 3.62. The predicted octanol–water partition coefficient (Wildman–Crippen LogP) is 2.62. The van der Waals surface area contributed by atoms with Crippen LogP contribution >= 0.6 is 0 Å². The Morgan fingerprint density at radius 2 is 1.58 bits per heavy atom. The van der Waals surface area contributed by atoms with Crippen LogP contribution < -0.4 is 10.3 Å². The van der Waals surface area contributed by atoms with Crippen LogP contribution in [-0.2, 0) is 24.4 Å². The van der Waals surface area contributed by atoms with E-state index in [1.807, 2.05) is 89.8 Å². The number of rotatable bonds is 11. The van der Waals surface area contributed by atoms with Gasteiger partial charge in [-0.15, -0.1) is 0 Å². The number of hydrogen-bond acceptors (Lipinski definition) is 9. The minimum atomic E-state index is -1.37. The van der Waals surface area contributed by atoms with E-state index >= 15 is 0 Å². The van der Waals surface area contributed by atoms with Gasteiger partial charge in [0, 0.05) is 13.1 Å². The summed E-state index contributed by atoms with van der Waals surface area (Å²) >= 11 is 0. The molecule has 1 saturated heterocycles. The summed E-state index contributed by atoms with van der Waals surface area (Å²) in [5.41, 5.74) is 2.73. The van der Waals surface area contributed by atoms with E-state index in [0.29, 0.717) is 18.8 Å². The maximum atomic E-state index is 13.9. The van der Waals surface area contributed by atoms with Gasteiger partial charge in [-0.3, -0.25) is 13.9 Å². The molecule has 12 heteroatoms. The van der Waals surface area contributed by atoms with Crippen molar-refractivity contribution < 1.29 is 24.8 Å². The molecule has 3 N–H and O–H groups in total. The molecule has 1 aliphatic rings. The summed E-state index contributed by atoms with van der Waals surface area (Å²) in [5, 5.41) is 30.6. The average molecular weight is 611 g/mol. The number of benzene rings is 3. The first-order chi connectivity index (χ1) is 21.9. The van der Waals surface area contributed by atoms with E-state index in [9.17, 15) is 20.1 Å². The van der Waals surface area contributed by atoms with Crippen LogP contribution in [0.1, 0.15) is 22.9 Å². The number of hydrogen-bond donors (Lipinski definition) is 3. The molecular formula is C33H34N6O6. The van der Waals surface area contributed by atoms with Gasteiger partial charge in [-0.1, -0.05) is 72.8 Å². The molecule has 0 aliphatic carbocycles. The van der Waals surface area contributed by atoms with Crippen LogP contribution in [0.5, 0.6) is 5.75 Å². The Kier molecular flexibility index (Phi) is 8.98. The van der Waals surface area contributed by atoms with E-state index < -0.39 is 36.7 Å². The van der Waals surface area contributed by atoms with Crippen molar-refractivity contribution in [1.29, 1.82) is 0 Å². The first-order valence-corrected chi connectivity index (χ1v) is 14.5. The lowest BCUT2D eigenvalue weighted by Crippen LogP contribution is -2.33. The monoisotopic (exact) mass is 610 g/mol. The van der Waals surface area contributed by atoms with Crippen molar-refractivity contribution in [3.63, 3.8) is 0 Å². The van der Waals surface area contributed by atoms with Crippen LogP contribution in [0, 0.1) is 0 Å². The molecule has 2 aromatic heterocycles. The maximum absolute atomic E-state index is 13.9. The van der Waals surface area contributed by atoms with Crippen molar-refractivity contribution in [3.05, 3.63) is 118 Å². The fourth-order valence-electron chi connectivity index (χ4n) is 5.35. The second-order valence-electron chi connectivity index (χ2n) is 10.8. The maximum Gasteiger partial charge on any atom is 0.283 e.